The number of aryl methyl sites for hydroxylation is 1. The zero-order chi connectivity index (χ0) is 10.7. The molecule has 0 unspecified atom stereocenters. The van der Waals surface area contributed by atoms with E-state index in [9.17, 15) is 4.79 Å². The molecule has 1 aromatic rings. The summed E-state index contributed by atoms with van der Waals surface area (Å²) in [7, 11) is 3.97. The normalized spacial score (nSPS) is 10.9. The summed E-state index contributed by atoms with van der Waals surface area (Å²) in [5.41, 5.74) is 0.858. The maximum atomic E-state index is 11.7. The van der Waals surface area contributed by atoms with Crippen molar-refractivity contribution in [2.24, 2.45) is 0 Å². The predicted octanol–water partition coefficient (Wildman–Crippen LogP) is 0.718. The molecule has 0 atom stereocenters. The molecular formula is C9H14IN3O. The molecule has 0 spiro atoms. The van der Waals surface area contributed by atoms with Crippen LogP contribution in [0.15, 0.2) is 11.1 Å². The van der Waals surface area contributed by atoms with Gasteiger partial charge in [0.1, 0.15) is 0 Å². The zero-order valence-electron chi connectivity index (χ0n) is 8.62. The Morgan fingerprint density at radius 3 is 2.79 bits per heavy atom. The molecule has 1 aromatic heterocycles. The molecule has 0 aliphatic rings. The molecule has 0 radical (unpaired) electrons. The second-order valence-corrected chi connectivity index (χ2v) is 4.52. The Morgan fingerprint density at radius 1 is 1.57 bits per heavy atom. The fraction of sp³-hybridized carbons (Fsp3) is 0.556. The number of halogens is 1. The zero-order valence-corrected chi connectivity index (χ0v) is 10.8. The van der Waals surface area contributed by atoms with Crippen molar-refractivity contribution in [2.45, 2.75) is 13.5 Å². The van der Waals surface area contributed by atoms with E-state index in [4.69, 9.17) is 0 Å². The Bertz CT molecular complexity index is 373. The summed E-state index contributed by atoms with van der Waals surface area (Å²) >= 11 is 2.04. The quantitative estimate of drug-likeness (QED) is 0.772. The molecule has 0 N–H and O–H groups in total. The average molecular weight is 307 g/mol. The van der Waals surface area contributed by atoms with Crippen molar-refractivity contribution in [1.82, 2.24) is 14.5 Å². The summed E-state index contributed by atoms with van der Waals surface area (Å²) < 4.78 is 2.36. The summed E-state index contributed by atoms with van der Waals surface area (Å²) in [6.45, 7) is 3.38. The van der Waals surface area contributed by atoms with Crippen LogP contribution in [-0.2, 0) is 6.54 Å². The SMILES string of the molecule is Cc1ncn(CCN(C)C)c(=O)c1I. The smallest absolute Gasteiger partial charge is 0.267 e. The minimum Gasteiger partial charge on any atom is -0.308 e. The fourth-order valence-corrected chi connectivity index (χ4v) is 1.46. The second kappa shape index (κ2) is 4.88. The molecule has 0 aliphatic heterocycles. The van der Waals surface area contributed by atoms with Gasteiger partial charge in [-0.3, -0.25) is 9.36 Å². The Labute approximate surface area is 97.1 Å². The van der Waals surface area contributed by atoms with Crippen molar-refractivity contribution < 1.29 is 0 Å². The van der Waals surface area contributed by atoms with Crippen LogP contribution in [-0.4, -0.2) is 35.1 Å². The van der Waals surface area contributed by atoms with Crippen LogP contribution in [0.4, 0.5) is 0 Å². The molecule has 14 heavy (non-hydrogen) atoms. The summed E-state index contributed by atoms with van der Waals surface area (Å²) in [5.74, 6) is 0. The topological polar surface area (TPSA) is 38.1 Å². The Kier molecular flexibility index (Phi) is 4.06. The Balaban J connectivity index is 2.89. The van der Waals surface area contributed by atoms with E-state index in [2.05, 4.69) is 4.98 Å². The van der Waals surface area contributed by atoms with Gasteiger partial charge in [0.2, 0.25) is 0 Å². The number of hydrogen-bond acceptors (Lipinski definition) is 3. The van der Waals surface area contributed by atoms with Gasteiger partial charge in [0.05, 0.1) is 15.6 Å². The maximum absolute atomic E-state index is 11.7. The lowest BCUT2D eigenvalue weighted by atomic mass is 10.4. The molecule has 4 nitrogen and oxygen atoms in total. The van der Waals surface area contributed by atoms with Gasteiger partial charge in [0.15, 0.2) is 0 Å². The van der Waals surface area contributed by atoms with E-state index in [1.54, 1.807) is 10.9 Å². The van der Waals surface area contributed by atoms with Crippen molar-refractivity contribution >= 4 is 22.6 Å². The third-order valence-electron chi connectivity index (χ3n) is 1.95. The van der Waals surface area contributed by atoms with E-state index in [0.717, 1.165) is 12.2 Å². The summed E-state index contributed by atoms with van der Waals surface area (Å²) in [6, 6.07) is 0. The lowest BCUT2D eigenvalue weighted by molar-refractivity contribution is 0.379. The van der Waals surface area contributed by atoms with E-state index >= 15 is 0 Å². The molecule has 0 fully saturated rings. The Hall–Kier alpha value is -0.430. The summed E-state index contributed by atoms with van der Waals surface area (Å²) in [4.78, 5) is 17.9. The van der Waals surface area contributed by atoms with Crippen molar-refractivity contribution in [3.63, 3.8) is 0 Å². The highest BCUT2D eigenvalue weighted by Gasteiger charge is 2.04. The monoisotopic (exact) mass is 307 g/mol. The van der Waals surface area contributed by atoms with Gasteiger partial charge < -0.3 is 4.90 Å². The van der Waals surface area contributed by atoms with E-state index in [-0.39, 0.29) is 5.56 Å². The largest absolute Gasteiger partial charge is 0.308 e. The number of likely N-dealkylation sites (N-methyl/N-ethyl adjacent to an activating group) is 1. The number of hydrogen-bond donors (Lipinski definition) is 0. The standard InChI is InChI=1S/C9H14IN3O/c1-7-8(10)9(14)13(6-11-7)5-4-12(2)3/h6H,4-5H2,1-3H3. The molecular weight excluding hydrogens is 293 g/mol. The van der Waals surface area contributed by atoms with Crippen LogP contribution in [0.5, 0.6) is 0 Å². The molecule has 0 saturated carbocycles. The lowest BCUT2D eigenvalue weighted by Crippen LogP contribution is -2.28. The van der Waals surface area contributed by atoms with Crippen LogP contribution >= 0.6 is 22.6 Å². The number of nitrogens with zero attached hydrogens (tertiary/aromatic N) is 3. The second-order valence-electron chi connectivity index (χ2n) is 3.45. The molecule has 0 aromatic carbocycles. The molecule has 0 amide bonds. The van der Waals surface area contributed by atoms with Crippen molar-refractivity contribution in [3.05, 3.63) is 25.9 Å². The highest BCUT2D eigenvalue weighted by molar-refractivity contribution is 14.1. The molecule has 1 heterocycles. The van der Waals surface area contributed by atoms with Crippen LogP contribution in [0.25, 0.3) is 0 Å². The molecule has 0 bridgehead atoms. The van der Waals surface area contributed by atoms with Gasteiger partial charge in [-0.25, -0.2) is 4.98 Å². The van der Waals surface area contributed by atoms with Gasteiger partial charge in [-0.1, -0.05) is 0 Å². The van der Waals surface area contributed by atoms with E-state index in [1.807, 2.05) is 48.5 Å². The number of rotatable bonds is 3. The lowest BCUT2D eigenvalue weighted by Gasteiger charge is -2.11. The van der Waals surface area contributed by atoms with Gasteiger partial charge in [0, 0.05) is 13.1 Å². The number of aromatic nitrogens is 2. The van der Waals surface area contributed by atoms with Crippen LogP contribution in [0.1, 0.15) is 5.69 Å². The fourth-order valence-electron chi connectivity index (χ4n) is 1.01. The van der Waals surface area contributed by atoms with Gasteiger partial charge in [0.25, 0.3) is 5.56 Å². The first kappa shape index (κ1) is 11.6. The van der Waals surface area contributed by atoms with Gasteiger partial charge in [-0.05, 0) is 43.6 Å². The van der Waals surface area contributed by atoms with Gasteiger partial charge in [-0.15, -0.1) is 0 Å². The van der Waals surface area contributed by atoms with Crippen molar-refractivity contribution in [1.29, 1.82) is 0 Å². The van der Waals surface area contributed by atoms with Crippen molar-refractivity contribution in [3.8, 4) is 0 Å². The summed E-state index contributed by atoms with van der Waals surface area (Å²) in [5, 5.41) is 0. The first-order valence-electron chi connectivity index (χ1n) is 4.38. The molecule has 0 saturated heterocycles. The van der Waals surface area contributed by atoms with E-state index < -0.39 is 0 Å². The van der Waals surface area contributed by atoms with Gasteiger partial charge >= 0.3 is 0 Å². The van der Waals surface area contributed by atoms with Crippen LogP contribution in [0.3, 0.4) is 0 Å². The van der Waals surface area contributed by atoms with E-state index in [0.29, 0.717) is 10.1 Å². The van der Waals surface area contributed by atoms with Crippen molar-refractivity contribution in [2.75, 3.05) is 20.6 Å². The highest BCUT2D eigenvalue weighted by atomic mass is 127. The first-order chi connectivity index (χ1) is 6.52. The summed E-state index contributed by atoms with van der Waals surface area (Å²) in [6.07, 6.45) is 1.61. The van der Waals surface area contributed by atoms with Crippen LogP contribution < -0.4 is 5.56 Å². The van der Waals surface area contributed by atoms with E-state index in [1.165, 1.54) is 0 Å². The third kappa shape index (κ3) is 2.78. The highest BCUT2D eigenvalue weighted by Crippen LogP contribution is 2.00. The average Bonchev–Trinajstić information content (AvgIpc) is 2.13. The van der Waals surface area contributed by atoms with Crippen LogP contribution in [0, 0.1) is 10.5 Å². The van der Waals surface area contributed by atoms with Crippen LogP contribution in [0.2, 0.25) is 0 Å². The van der Waals surface area contributed by atoms with Gasteiger partial charge in [-0.2, -0.15) is 0 Å². The molecule has 1 rings (SSSR count). The third-order valence-corrected chi connectivity index (χ3v) is 3.19. The minimum atomic E-state index is 0.0555. The predicted molar refractivity (Wildman–Crippen MR) is 64.5 cm³/mol. The molecule has 5 heteroatoms. The minimum absolute atomic E-state index is 0.0555. The first-order valence-corrected chi connectivity index (χ1v) is 5.46. The molecule has 0 aliphatic carbocycles. The Morgan fingerprint density at radius 2 is 2.21 bits per heavy atom. The molecule has 78 valence electrons. The maximum Gasteiger partial charge on any atom is 0.267 e.